The highest BCUT2D eigenvalue weighted by atomic mass is 15.3. The van der Waals surface area contributed by atoms with Crippen LogP contribution in [0.4, 0.5) is 5.82 Å². The first-order valence-corrected chi connectivity index (χ1v) is 5.32. The Labute approximate surface area is 85.3 Å². The van der Waals surface area contributed by atoms with Crippen LogP contribution in [0.15, 0.2) is 6.20 Å². The smallest absolute Gasteiger partial charge is 0.124 e. The molecular weight excluding hydrogens is 174 g/mol. The maximum Gasteiger partial charge on any atom is 0.124 e. The van der Waals surface area contributed by atoms with Gasteiger partial charge in [-0.1, -0.05) is 20.3 Å². The molecular formula is C11H19N3. The Hall–Kier alpha value is -0.990. The minimum Gasteiger partial charge on any atom is -0.384 e. The van der Waals surface area contributed by atoms with Gasteiger partial charge in [-0.3, -0.25) is 0 Å². The van der Waals surface area contributed by atoms with Crippen molar-refractivity contribution in [2.45, 2.75) is 46.1 Å². The van der Waals surface area contributed by atoms with Crippen LogP contribution in [0.3, 0.4) is 0 Å². The minimum atomic E-state index is 0.340. The Morgan fingerprint density at radius 1 is 1.57 bits per heavy atom. The Kier molecular flexibility index (Phi) is 2.05. The van der Waals surface area contributed by atoms with Gasteiger partial charge in [-0.05, 0) is 25.2 Å². The zero-order valence-electron chi connectivity index (χ0n) is 9.25. The number of nitrogens with zero attached hydrogens (tertiary/aromatic N) is 2. The van der Waals surface area contributed by atoms with Crippen molar-refractivity contribution in [2.24, 2.45) is 5.41 Å². The van der Waals surface area contributed by atoms with Crippen molar-refractivity contribution in [1.82, 2.24) is 9.78 Å². The third-order valence-corrected chi connectivity index (χ3v) is 3.52. The van der Waals surface area contributed by atoms with Crippen molar-refractivity contribution in [1.29, 1.82) is 0 Å². The van der Waals surface area contributed by atoms with Crippen LogP contribution in [0.5, 0.6) is 0 Å². The third-order valence-electron chi connectivity index (χ3n) is 3.52. The molecule has 1 aliphatic carbocycles. The summed E-state index contributed by atoms with van der Waals surface area (Å²) in [5, 5.41) is 4.38. The predicted octanol–water partition coefficient (Wildman–Crippen LogP) is 2.52. The van der Waals surface area contributed by atoms with Crippen molar-refractivity contribution in [3.8, 4) is 0 Å². The maximum absolute atomic E-state index is 6.00. The number of hydrogen-bond acceptors (Lipinski definition) is 2. The zero-order valence-corrected chi connectivity index (χ0v) is 9.25. The van der Waals surface area contributed by atoms with Gasteiger partial charge in [-0.2, -0.15) is 5.10 Å². The second-order valence-electron chi connectivity index (χ2n) is 5.05. The van der Waals surface area contributed by atoms with Gasteiger partial charge in [-0.25, -0.2) is 4.68 Å². The molecule has 1 aromatic heterocycles. The number of hydrogen-bond donors (Lipinski definition) is 1. The van der Waals surface area contributed by atoms with Crippen LogP contribution in [-0.2, 0) is 0 Å². The van der Waals surface area contributed by atoms with Gasteiger partial charge in [0.2, 0.25) is 0 Å². The SMILES string of the molecule is Cc1cnn(C2CCCC2(C)C)c1N. The van der Waals surface area contributed by atoms with Crippen LogP contribution in [-0.4, -0.2) is 9.78 Å². The molecule has 3 heteroatoms. The quantitative estimate of drug-likeness (QED) is 0.744. The Morgan fingerprint density at radius 3 is 2.71 bits per heavy atom. The fourth-order valence-corrected chi connectivity index (χ4v) is 2.47. The Morgan fingerprint density at radius 2 is 2.29 bits per heavy atom. The number of aromatic nitrogens is 2. The highest BCUT2D eigenvalue weighted by Gasteiger charge is 2.37. The summed E-state index contributed by atoms with van der Waals surface area (Å²) in [6, 6.07) is 0.483. The molecule has 2 N–H and O–H groups in total. The predicted molar refractivity (Wildman–Crippen MR) is 58.0 cm³/mol. The van der Waals surface area contributed by atoms with Crippen molar-refractivity contribution < 1.29 is 0 Å². The van der Waals surface area contributed by atoms with Gasteiger partial charge in [0.05, 0.1) is 12.2 Å². The molecule has 1 aromatic rings. The summed E-state index contributed by atoms with van der Waals surface area (Å²) in [5.74, 6) is 0.838. The molecule has 2 rings (SSSR count). The van der Waals surface area contributed by atoms with E-state index >= 15 is 0 Å². The average Bonchev–Trinajstić information content (AvgIpc) is 2.59. The molecule has 1 unspecified atom stereocenters. The molecule has 0 aliphatic heterocycles. The highest BCUT2D eigenvalue weighted by Crippen LogP contribution is 2.46. The van der Waals surface area contributed by atoms with E-state index in [1.165, 1.54) is 19.3 Å². The molecule has 1 fully saturated rings. The van der Waals surface area contributed by atoms with Gasteiger partial charge < -0.3 is 5.73 Å². The molecule has 78 valence electrons. The summed E-state index contributed by atoms with van der Waals surface area (Å²) >= 11 is 0. The highest BCUT2D eigenvalue weighted by molar-refractivity contribution is 5.37. The van der Waals surface area contributed by atoms with E-state index in [0.29, 0.717) is 11.5 Å². The molecule has 3 nitrogen and oxygen atoms in total. The van der Waals surface area contributed by atoms with Gasteiger partial charge in [-0.15, -0.1) is 0 Å². The summed E-state index contributed by atoms with van der Waals surface area (Å²) in [4.78, 5) is 0. The van der Waals surface area contributed by atoms with Gasteiger partial charge >= 0.3 is 0 Å². The van der Waals surface area contributed by atoms with Crippen LogP contribution in [0.1, 0.15) is 44.7 Å². The second kappa shape index (κ2) is 3.01. The molecule has 1 heterocycles. The lowest BCUT2D eigenvalue weighted by atomic mass is 9.87. The Balaban J connectivity index is 2.36. The van der Waals surface area contributed by atoms with E-state index in [2.05, 4.69) is 18.9 Å². The number of nitrogen functional groups attached to an aromatic ring is 1. The fourth-order valence-electron chi connectivity index (χ4n) is 2.47. The molecule has 0 saturated heterocycles. The van der Waals surface area contributed by atoms with E-state index in [0.717, 1.165) is 11.4 Å². The van der Waals surface area contributed by atoms with Crippen LogP contribution in [0, 0.1) is 12.3 Å². The lowest BCUT2D eigenvalue weighted by molar-refractivity contribution is 0.246. The van der Waals surface area contributed by atoms with E-state index < -0.39 is 0 Å². The Bertz CT molecular complexity index is 338. The molecule has 1 saturated carbocycles. The van der Waals surface area contributed by atoms with E-state index in [-0.39, 0.29) is 0 Å². The van der Waals surface area contributed by atoms with Gasteiger partial charge in [0.25, 0.3) is 0 Å². The van der Waals surface area contributed by atoms with Crippen molar-refractivity contribution in [2.75, 3.05) is 5.73 Å². The van der Waals surface area contributed by atoms with Crippen LogP contribution >= 0.6 is 0 Å². The fraction of sp³-hybridized carbons (Fsp3) is 0.727. The lowest BCUT2D eigenvalue weighted by Gasteiger charge is -2.27. The van der Waals surface area contributed by atoms with Crippen LogP contribution in [0.2, 0.25) is 0 Å². The molecule has 0 amide bonds. The molecule has 1 aliphatic rings. The van der Waals surface area contributed by atoms with Gasteiger partial charge in [0, 0.05) is 5.56 Å². The molecule has 0 spiro atoms. The summed E-state index contributed by atoms with van der Waals surface area (Å²) in [5.41, 5.74) is 7.43. The first kappa shape index (κ1) is 9.56. The molecule has 0 aromatic carbocycles. The van der Waals surface area contributed by atoms with E-state index in [9.17, 15) is 0 Å². The third kappa shape index (κ3) is 1.31. The molecule has 14 heavy (non-hydrogen) atoms. The summed E-state index contributed by atoms with van der Waals surface area (Å²) in [7, 11) is 0. The van der Waals surface area contributed by atoms with Crippen LogP contribution in [0.25, 0.3) is 0 Å². The first-order valence-electron chi connectivity index (χ1n) is 5.32. The maximum atomic E-state index is 6.00. The zero-order chi connectivity index (χ0) is 10.3. The monoisotopic (exact) mass is 193 g/mol. The summed E-state index contributed by atoms with van der Waals surface area (Å²) < 4.78 is 2.02. The summed E-state index contributed by atoms with van der Waals surface area (Å²) in [6.07, 6.45) is 5.63. The van der Waals surface area contributed by atoms with Crippen molar-refractivity contribution in [3.05, 3.63) is 11.8 Å². The van der Waals surface area contributed by atoms with Gasteiger partial charge in [0.15, 0.2) is 0 Å². The number of anilines is 1. The molecule has 0 bridgehead atoms. The van der Waals surface area contributed by atoms with Crippen molar-refractivity contribution in [3.63, 3.8) is 0 Å². The lowest BCUT2D eigenvalue weighted by Crippen LogP contribution is -2.23. The van der Waals surface area contributed by atoms with Crippen molar-refractivity contribution >= 4 is 5.82 Å². The van der Waals surface area contributed by atoms with E-state index in [4.69, 9.17) is 5.73 Å². The number of rotatable bonds is 1. The summed E-state index contributed by atoms with van der Waals surface area (Å²) in [6.45, 7) is 6.63. The second-order valence-corrected chi connectivity index (χ2v) is 5.05. The average molecular weight is 193 g/mol. The number of aryl methyl sites for hydroxylation is 1. The van der Waals surface area contributed by atoms with E-state index in [1.54, 1.807) is 0 Å². The normalized spacial score (nSPS) is 25.5. The molecule has 1 atom stereocenters. The first-order chi connectivity index (χ1) is 6.52. The minimum absolute atomic E-state index is 0.340. The standard InChI is InChI=1S/C11H19N3/c1-8-7-13-14(10(8)12)9-5-4-6-11(9,2)3/h7,9H,4-6,12H2,1-3H3. The van der Waals surface area contributed by atoms with Crippen LogP contribution < -0.4 is 5.73 Å². The largest absolute Gasteiger partial charge is 0.384 e. The van der Waals surface area contributed by atoms with Gasteiger partial charge in [0.1, 0.15) is 5.82 Å². The van der Waals surface area contributed by atoms with E-state index in [1.807, 2.05) is 17.8 Å². The number of nitrogens with two attached hydrogens (primary N) is 1. The molecule has 0 radical (unpaired) electrons. The topological polar surface area (TPSA) is 43.8 Å².